The fraction of sp³-hybridized carbons (Fsp3) is 0.143. The lowest BCUT2D eigenvalue weighted by atomic mass is 10.1. The number of halogens is 1. The van der Waals surface area contributed by atoms with Gasteiger partial charge in [-0.25, -0.2) is 4.39 Å². The standard InChI is InChI=1S/C14H12FN3OS/c1-18(2)12-4-3-9(7-11(12)15)13(19)17-14-10(8-16)5-6-20-14/h3-7H,1-2H3,(H,17,19). The molecule has 0 saturated heterocycles. The molecule has 0 fully saturated rings. The maximum atomic E-state index is 13.8. The van der Waals surface area contributed by atoms with Crippen LogP contribution in [0.25, 0.3) is 0 Å². The van der Waals surface area contributed by atoms with E-state index in [0.29, 0.717) is 16.3 Å². The number of carbonyl (C=O) groups is 1. The molecule has 0 unspecified atom stereocenters. The number of hydrogen-bond donors (Lipinski definition) is 1. The molecule has 1 aromatic carbocycles. The molecule has 6 heteroatoms. The third kappa shape index (κ3) is 2.78. The van der Waals surface area contributed by atoms with Crippen molar-refractivity contribution in [2.24, 2.45) is 0 Å². The van der Waals surface area contributed by atoms with E-state index in [9.17, 15) is 9.18 Å². The van der Waals surface area contributed by atoms with Crippen molar-refractivity contribution in [3.05, 3.63) is 46.6 Å². The molecule has 0 bridgehead atoms. The molecule has 1 N–H and O–H groups in total. The molecule has 102 valence electrons. The van der Waals surface area contributed by atoms with Crippen LogP contribution in [0.1, 0.15) is 15.9 Å². The van der Waals surface area contributed by atoms with Gasteiger partial charge in [0.05, 0.1) is 11.3 Å². The second kappa shape index (κ2) is 5.72. The average Bonchev–Trinajstić information content (AvgIpc) is 2.85. The van der Waals surface area contributed by atoms with Gasteiger partial charge >= 0.3 is 0 Å². The first-order valence-corrected chi connectivity index (χ1v) is 6.66. The van der Waals surface area contributed by atoms with Gasteiger partial charge in [0.15, 0.2) is 0 Å². The van der Waals surface area contributed by atoms with Crippen LogP contribution in [0.15, 0.2) is 29.6 Å². The van der Waals surface area contributed by atoms with Crippen molar-refractivity contribution >= 4 is 27.9 Å². The number of nitriles is 1. The van der Waals surface area contributed by atoms with Crippen LogP contribution in [-0.2, 0) is 0 Å². The van der Waals surface area contributed by atoms with Gasteiger partial charge in [-0.1, -0.05) is 0 Å². The minimum Gasteiger partial charge on any atom is -0.375 e. The van der Waals surface area contributed by atoms with Gasteiger partial charge in [0.1, 0.15) is 16.9 Å². The molecule has 0 spiro atoms. The Labute approximate surface area is 120 Å². The number of nitrogens with zero attached hydrogens (tertiary/aromatic N) is 2. The van der Waals surface area contributed by atoms with Crippen LogP contribution in [-0.4, -0.2) is 20.0 Å². The van der Waals surface area contributed by atoms with E-state index in [0.717, 1.165) is 0 Å². The van der Waals surface area contributed by atoms with Gasteiger partial charge in [-0.05, 0) is 29.6 Å². The van der Waals surface area contributed by atoms with E-state index in [-0.39, 0.29) is 5.56 Å². The molecule has 4 nitrogen and oxygen atoms in total. The van der Waals surface area contributed by atoms with Gasteiger partial charge in [0.2, 0.25) is 0 Å². The second-order valence-electron chi connectivity index (χ2n) is 4.29. The highest BCUT2D eigenvalue weighted by atomic mass is 32.1. The minimum atomic E-state index is -0.464. The average molecular weight is 289 g/mol. The zero-order valence-corrected chi connectivity index (χ0v) is 11.8. The molecule has 0 aliphatic carbocycles. The number of rotatable bonds is 3. The smallest absolute Gasteiger partial charge is 0.256 e. The molecule has 2 rings (SSSR count). The highest BCUT2D eigenvalue weighted by molar-refractivity contribution is 7.14. The number of anilines is 2. The van der Waals surface area contributed by atoms with E-state index in [1.807, 2.05) is 6.07 Å². The number of nitrogens with one attached hydrogen (secondary N) is 1. The molecule has 1 heterocycles. The lowest BCUT2D eigenvalue weighted by molar-refractivity contribution is 0.102. The molecule has 1 amide bonds. The molecule has 0 saturated carbocycles. The Morgan fingerprint density at radius 2 is 2.15 bits per heavy atom. The Morgan fingerprint density at radius 1 is 1.40 bits per heavy atom. The van der Waals surface area contributed by atoms with Crippen LogP contribution in [0.2, 0.25) is 0 Å². The fourth-order valence-corrected chi connectivity index (χ4v) is 2.41. The summed E-state index contributed by atoms with van der Waals surface area (Å²) in [6, 6.07) is 7.88. The van der Waals surface area contributed by atoms with Crippen LogP contribution in [0.5, 0.6) is 0 Å². The van der Waals surface area contributed by atoms with E-state index in [2.05, 4.69) is 5.32 Å². The summed E-state index contributed by atoms with van der Waals surface area (Å²) in [4.78, 5) is 13.6. The van der Waals surface area contributed by atoms with Crippen molar-refractivity contribution in [1.29, 1.82) is 5.26 Å². The van der Waals surface area contributed by atoms with Crippen molar-refractivity contribution in [3.63, 3.8) is 0 Å². The summed E-state index contributed by atoms with van der Waals surface area (Å²) in [5, 5.41) is 13.7. The second-order valence-corrected chi connectivity index (χ2v) is 5.21. The zero-order valence-electron chi connectivity index (χ0n) is 11.0. The van der Waals surface area contributed by atoms with Crippen LogP contribution >= 0.6 is 11.3 Å². The van der Waals surface area contributed by atoms with Crippen LogP contribution < -0.4 is 10.2 Å². The highest BCUT2D eigenvalue weighted by Gasteiger charge is 2.13. The van der Waals surface area contributed by atoms with Gasteiger partial charge in [0, 0.05) is 19.7 Å². The third-order valence-corrected chi connectivity index (χ3v) is 3.53. The molecule has 1 aromatic heterocycles. The number of carbonyl (C=O) groups excluding carboxylic acids is 1. The van der Waals surface area contributed by atoms with Crippen molar-refractivity contribution in [2.45, 2.75) is 0 Å². The topological polar surface area (TPSA) is 56.1 Å². The van der Waals surface area contributed by atoms with Crippen LogP contribution in [0.3, 0.4) is 0 Å². The molecule has 0 aliphatic heterocycles. The Balaban J connectivity index is 2.22. The first kappa shape index (κ1) is 14.0. The van der Waals surface area contributed by atoms with E-state index >= 15 is 0 Å². The molecular formula is C14H12FN3OS. The summed E-state index contributed by atoms with van der Waals surface area (Å²) in [6.45, 7) is 0. The van der Waals surface area contributed by atoms with Crippen molar-refractivity contribution < 1.29 is 9.18 Å². The third-order valence-electron chi connectivity index (χ3n) is 2.70. The summed E-state index contributed by atoms with van der Waals surface area (Å²) in [5.41, 5.74) is 1.02. The largest absolute Gasteiger partial charge is 0.375 e. The maximum Gasteiger partial charge on any atom is 0.256 e. The molecule has 0 radical (unpaired) electrons. The van der Waals surface area contributed by atoms with Crippen molar-refractivity contribution in [3.8, 4) is 6.07 Å². The summed E-state index contributed by atoms with van der Waals surface area (Å²) in [7, 11) is 3.45. The molecule has 20 heavy (non-hydrogen) atoms. The summed E-state index contributed by atoms with van der Waals surface area (Å²) >= 11 is 1.25. The Hall–Kier alpha value is -2.39. The monoisotopic (exact) mass is 289 g/mol. The number of thiophene rings is 1. The lowest BCUT2D eigenvalue weighted by Gasteiger charge is -2.14. The van der Waals surface area contributed by atoms with Gasteiger partial charge in [-0.3, -0.25) is 4.79 Å². The summed E-state index contributed by atoms with van der Waals surface area (Å²) in [6.07, 6.45) is 0. The zero-order chi connectivity index (χ0) is 14.7. The minimum absolute atomic E-state index is 0.213. The molecule has 0 atom stereocenters. The van der Waals surface area contributed by atoms with E-state index in [1.54, 1.807) is 42.6 Å². The number of hydrogen-bond acceptors (Lipinski definition) is 4. The number of benzene rings is 1. The van der Waals surface area contributed by atoms with E-state index in [1.165, 1.54) is 17.4 Å². The number of amides is 1. The molecule has 0 aliphatic rings. The molecular weight excluding hydrogens is 277 g/mol. The van der Waals surface area contributed by atoms with Crippen LogP contribution in [0, 0.1) is 17.1 Å². The normalized spacial score (nSPS) is 9.90. The Kier molecular flexibility index (Phi) is 4.01. The predicted octanol–water partition coefficient (Wildman–Crippen LogP) is 3.08. The lowest BCUT2D eigenvalue weighted by Crippen LogP contribution is -2.14. The van der Waals surface area contributed by atoms with E-state index in [4.69, 9.17) is 5.26 Å². The van der Waals surface area contributed by atoms with Gasteiger partial charge in [-0.2, -0.15) is 5.26 Å². The highest BCUT2D eigenvalue weighted by Crippen LogP contribution is 2.24. The summed E-state index contributed by atoms with van der Waals surface area (Å²) in [5.74, 6) is -0.900. The van der Waals surface area contributed by atoms with Crippen LogP contribution in [0.4, 0.5) is 15.1 Å². The predicted molar refractivity (Wildman–Crippen MR) is 77.7 cm³/mol. The SMILES string of the molecule is CN(C)c1ccc(C(=O)Nc2sccc2C#N)cc1F. The van der Waals surface area contributed by atoms with E-state index < -0.39 is 11.7 Å². The van der Waals surface area contributed by atoms with Gasteiger partial charge in [-0.15, -0.1) is 11.3 Å². The maximum absolute atomic E-state index is 13.8. The first-order valence-electron chi connectivity index (χ1n) is 5.78. The van der Waals surface area contributed by atoms with Gasteiger partial charge in [0.25, 0.3) is 5.91 Å². The van der Waals surface area contributed by atoms with Gasteiger partial charge < -0.3 is 10.2 Å². The Bertz CT molecular complexity index is 688. The summed E-state index contributed by atoms with van der Waals surface area (Å²) < 4.78 is 13.8. The fourth-order valence-electron chi connectivity index (χ4n) is 1.68. The van der Waals surface area contributed by atoms with Crippen molar-refractivity contribution in [2.75, 3.05) is 24.3 Å². The van der Waals surface area contributed by atoms with Crippen molar-refractivity contribution in [1.82, 2.24) is 0 Å². The first-order chi connectivity index (χ1) is 9.52. The quantitative estimate of drug-likeness (QED) is 0.944. The molecule has 2 aromatic rings. The Morgan fingerprint density at radius 3 is 2.75 bits per heavy atom.